The van der Waals surface area contributed by atoms with Crippen LogP contribution in [-0.4, -0.2) is 43.5 Å². The Morgan fingerprint density at radius 3 is 2.74 bits per heavy atom. The minimum atomic E-state index is 0.184. The van der Waals surface area contributed by atoms with Crippen LogP contribution in [0, 0.1) is 0 Å². The van der Waals surface area contributed by atoms with Gasteiger partial charge in [-0.3, -0.25) is 4.79 Å². The lowest BCUT2D eigenvalue weighted by atomic mass is 10.1. The summed E-state index contributed by atoms with van der Waals surface area (Å²) in [5, 5.41) is 9.09. The summed E-state index contributed by atoms with van der Waals surface area (Å²) in [4.78, 5) is 14.5. The summed E-state index contributed by atoms with van der Waals surface area (Å²) >= 11 is 0. The van der Waals surface area contributed by atoms with Crippen molar-refractivity contribution in [3.05, 3.63) is 48.9 Å². The number of hydrogen-bond donors (Lipinski definition) is 0. The lowest BCUT2D eigenvalue weighted by molar-refractivity contribution is -0.133. The lowest BCUT2D eigenvalue weighted by Crippen LogP contribution is -2.40. The fourth-order valence-electron chi connectivity index (χ4n) is 3.32. The van der Waals surface area contributed by atoms with E-state index in [4.69, 9.17) is 0 Å². The monoisotopic (exact) mass is 309 g/mol. The number of carbonyl (C=O) groups excluding carboxylic acids is 1. The predicted octanol–water partition coefficient (Wildman–Crippen LogP) is 2.10. The van der Waals surface area contributed by atoms with Crippen molar-refractivity contribution in [1.82, 2.24) is 24.5 Å². The van der Waals surface area contributed by atoms with Crippen molar-refractivity contribution < 1.29 is 4.79 Å². The Morgan fingerprint density at radius 1 is 1.13 bits per heavy atom. The molecule has 1 fully saturated rings. The van der Waals surface area contributed by atoms with E-state index >= 15 is 0 Å². The van der Waals surface area contributed by atoms with Gasteiger partial charge in [-0.05, 0) is 30.4 Å². The van der Waals surface area contributed by atoms with E-state index in [1.807, 2.05) is 38.7 Å². The van der Waals surface area contributed by atoms with Crippen molar-refractivity contribution in [3.63, 3.8) is 0 Å². The topological polar surface area (TPSA) is 56.0 Å². The number of para-hydroxylation sites is 1. The molecule has 3 heterocycles. The van der Waals surface area contributed by atoms with Crippen LogP contribution in [0.5, 0.6) is 0 Å². The van der Waals surface area contributed by atoms with E-state index in [1.165, 1.54) is 5.39 Å². The number of carbonyl (C=O) groups is 1. The highest BCUT2D eigenvalue weighted by Crippen LogP contribution is 2.22. The van der Waals surface area contributed by atoms with Gasteiger partial charge in [-0.25, -0.2) is 4.68 Å². The second kappa shape index (κ2) is 5.87. The molecule has 6 heteroatoms. The van der Waals surface area contributed by atoms with Crippen LogP contribution in [0.25, 0.3) is 10.9 Å². The Kier molecular flexibility index (Phi) is 3.57. The van der Waals surface area contributed by atoms with Gasteiger partial charge >= 0.3 is 0 Å². The first-order valence-corrected chi connectivity index (χ1v) is 7.99. The molecule has 1 aromatic carbocycles. The number of piperidine rings is 1. The third-order valence-corrected chi connectivity index (χ3v) is 4.62. The summed E-state index contributed by atoms with van der Waals surface area (Å²) in [7, 11) is 0. The van der Waals surface area contributed by atoms with Crippen LogP contribution < -0.4 is 0 Å². The molecule has 2 aromatic heterocycles. The molecule has 4 rings (SSSR count). The van der Waals surface area contributed by atoms with Gasteiger partial charge in [0.25, 0.3) is 0 Å². The van der Waals surface area contributed by atoms with Gasteiger partial charge in [0, 0.05) is 31.0 Å². The molecule has 0 saturated carbocycles. The van der Waals surface area contributed by atoms with Crippen LogP contribution in [0.3, 0.4) is 0 Å². The first kappa shape index (κ1) is 14.0. The zero-order valence-electron chi connectivity index (χ0n) is 12.9. The second-order valence-corrected chi connectivity index (χ2v) is 6.00. The second-order valence-electron chi connectivity index (χ2n) is 6.00. The number of rotatable bonds is 3. The number of hydrogen-bond acceptors (Lipinski definition) is 3. The fourth-order valence-corrected chi connectivity index (χ4v) is 3.32. The van der Waals surface area contributed by atoms with Crippen LogP contribution in [0.1, 0.15) is 18.9 Å². The Labute approximate surface area is 134 Å². The van der Waals surface area contributed by atoms with Crippen LogP contribution in [0.2, 0.25) is 0 Å². The molecule has 0 atom stereocenters. The summed E-state index contributed by atoms with van der Waals surface area (Å²) in [6.07, 6.45) is 7.45. The third kappa shape index (κ3) is 2.72. The van der Waals surface area contributed by atoms with Crippen molar-refractivity contribution >= 4 is 16.8 Å². The van der Waals surface area contributed by atoms with Crippen molar-refractivity contribution in [1.29, 1.82) is 0 Å². The van der Waals surface area contributed by atoms with Crippen LogP contribution >= 0.6 is 0 Å². The number of amides is 1. The molecule has 0 unspecified atom stereocenters. The van der Waals surface area contributed by atoms with Crippen molar-refractivity contribution in [2.75, 3.05) is 13.1 Å². The molecule has 1 aliphatic rings. The molecule has 3 aromatic rings. The van der Waals surface area contributed by atoms with Gasteiger partial charge in [-0.2, -0.15) is 0 Å². The van der Waals surface area contributed by atoms with Gasteiger partial charge in [0.1, 0.15) is 6.54 Å². The van der Waals surface area contributed by atoms with Gasteiger partial charge in [0.2, 0.25) is 5.91 Å². The minimum absolute atomic E-state index is 0.184. The molecular weight excluding hydrogens is 290 g/mol. The van der Waals surface area contributed by atoms with Gasteiger partial charge in [0.15, 0.2) is 0 Å². The summed E-state index contributed by atoms with van der Waals surface area (Å²) in [5.74, 6) is 0.184. The van der Waals surface area contributed by atoms with E-state index < -0.39 is 0 Å². The third-order valence-electron chi connectivity index (χ3n) is 4.62. The summed E-state index contributed by atoms with van der Waals surface area (Å²) in [6.45, 7) is 1.96. The van der Waals surface area contributed by atoms with Gasteiger partial charge < -0.3 is 9.47 Å². The standard InChI is InChI=1S/C17H19N5O/c23-17(13-21-9-5-14-3-1-2-4-16(14)21)20-10-6-15(7-11-20)22-12-8-18-19-22/h1-5,8-9,12,15H,6-7,10-11,13H2. The normalized spacial score (nSPS) is 16.1. The van der Waals surface area contributed by atoms with E-state index in [-0.39, 0.29) is 5.91 Å². The zero-order chi connectivity index (χ0) is 15.6. The predicted molar refractivity (Wildman–Crippen MR) is 86.8 cm³/mol. The lowest BCUT2D eigenvalue weighted by Gasteiger charge is -2.32. The highest BCUT2D eigenvalue weighted by molar-refractivity contribution is 5.83. The smallest absolute Gasteiger partial charge is 0.242 e. The molecular formula is C17H19N5O. The maximum Gasteiger partial charge on any atom is 0.242 e. The van der Waals surface area contributed by atoms with Crippen molar-refractivity contribution in [2.45, 2.75) is 25.4 Å². The van der Waals surface area contributed by atoms with Gasteiger partial charge in [0.05, 0.1) is 12.2 Å². The Hall–Kier alpha value is -2.63. The number of benzene rings is 1. The maximum absolute atomic E-state index is 12.6. The molecule has 1 amide bonds. The zero-order valence-corrected chi connectivity index (χ0v) is 12.9. The molecule has 6 nitrogen and oxygen atoms in total. The molecule has 1 saturated heterocycles. The van der Waals surface area contributed by atoms with Crippen LogP contribution in [0.4, 0.5) is 0 Å². The highest BCUT2D eigenvalue weighted by atomic mass is 16.2. The number of nitrogens with zero attached hydrogens (tertiary/aromatic N) is 5. The molecule has 0 N–H and O–H groups in total. The fraction of sp³-hybridized carbons (Fsp3) is 0.353. The average Bonchev–Trinajstić information content (AvgIpc) is 3.25. The van der Waals surface area contributed by atoms with E-state index in [2.05, 4.69) is 28.5 Å². The molecule has 0 aliphatic carbocycles. The van der Waals surface area contributed by atoms with Crippen LogP contribution in [0.15, 0.2) is 48.9 Å². The summed E-state index contributed by atoms with van der Waals surface area (Å²) < 4.78 is 3.93. The first-order valence-electron chi connectivity index (χ1n) is 7.99. The van der Waals surface area contributed by atoms with Gasteiger partial charge in [-0.15, -0.1) is 5.10 Å². The van der Waals surface area contributed by atoms with E-state index in [1.54, 1.807) is 6.20 Å². The van der Waals surface area contributed by atoms with Crippen molar-refractivity contribution in [3.8, 4) is 0 Å². The molecule has 118 valence electrons. The van der Waals surface area contributed by atoms with E-state index in [0.29, 0.717) is 12.6 Å². The van der Waals surface area contributed by atoms with Gasteiger partial charge in [-0.1, -0.05) is 23.4 Å². The molecule has 0 radical (unpaired) electrons. The van der Waals surface area contributed by atoms with E-state index in [0.717, 1.165) is 31.4 Å². The molecule has 0 bridgehead atoms. The minimum Gasteiger partial charge on any atom is -0.341 e. The maximum atomic E-state index is 12.6. The molecule has 23 heavy (non-hydrogen) atoms. The average molecular weight is 309 g/mol. The Bertz CT molecular complexity index is 799. The summed E-state index contributed by atoms with van der Waals surface area (Å²) in [5.41, 5.74) is 1.11. The number of likely N-dealkylation sites (tertiary alicyclic amines) is 1. The first-order chi connectivity index (χ1) is 11.3. The summed E-state index contributed by atoms with van der Waals surface area (Å²) in [6, 6.07) is 10.6. The number of fused-ring (bicyclic) bond motifs is 1. The largest absolute Gasteiger partial charge is 0.341 e. The Morgan fingerprint density at radius 2 is 1.96 bits per heavy atom. The quantitative estimate of drug-likeness (QED) is 0.744. The SMILES string of the molecule is O=C(Cn1ccc2ccccc21)N1CCC(n2ccnn2)CC1. The highest BCUT2D eigenvalue weighted by Gasteiger charge is 2.24. The van der Waals surface area contributed by atoms with E-state index in [9.17, 15) is 4.79 Å². The molecule has 1 aliphatic heterocycles. The molecule has 0 spiro atoms. The number of aromatic nitrogens is 4. The van der Waals surface area contributed by atoms with Crippen molar-refractivity contribution in [2.24, 2.45) is 0 Å². The Balaban J connectivity index is 1.40. The van der Waals surface area contributed by atoms with Crippen LogP contribution in [-0.2, 0) is 11.3 Å².